The normalized spacial score (nSPS) is 10.2. The maximum absolute atomic E-state index is 12.3. The lowest BCUT2D eigenvalue weighted by molar-refractivity contribution is -0.0295. The molecule has 0 atom stereocenters. The van der Waals surface area contributed by atoms with E-state index < -0.39 is 35.5 Å². The molecule has 6 aromatic carbocycles. The van der Waals surface area contributed by atoms with Crippen molar-refractivity contribution in [3.8, 4) is 0 Å². The summed E-state index contributed by atoms with van der Waals surface area (Å²) < 4.78 is 20.0. The maximum Gasteiger partial charge on any atom is 0.519 e. The molecule has 0 fully saturated rings. The van der Waals surface area contributed by atoms with Gasteiger partial charge in [-0.2, -0.15) is 0 Å². The summed E-state index contributed by atoms with van der Waals surface area (Å²) in [7, 11) is 0. The average Bonchev–Trinajstić information content (AvgIpc) is 1.68. The van der Waals surface area contributed by atoms with Crippen LogP contribution in [0.4, 0.5) is 9.59 Å². The second-order valence-electron chi connectivity index (χ2n) is 30.3. The number of nitrogens with one attached hydrogen (secondary N) is 4. The minimum Gasteiger partial charge on any atom is -0.478 e. The predicted molar refractivity (Wildman–Crippen MR) is 535 cm³/mol. The lowest BCUT2D eigenvalue weighted by Gasteiger charge is -2.20. The number of hydrogen-bond donors (Lipinski definition) is 11. The van der Waals surface area contributed by atoms with Crippen LogP contribution in [0, 0.1) is 0 Å². The van der Waals surface area contributed by atoms with Gasteiger partial charge in [0.25, 0.3) is 23.6 Å². The molecule has 34 heteroatoms. The Bertz CT molecular complexity index is 5470. The number of aromatic nitrogens is 4. The van der Waals surface area contributed by atoms with Gasteiger partial charge in [-0.05, 0) is 258 Å². The highest BCUT2D eigenvalue weighted by atomic mass is 127. The third-order valence-corrected chi connectivity index (χ3v) is 20.4. The largest absolute Gasteiger partial charge is 0.519 e. The third-order valence-electron chi connectivity index (χ3n) is 18.0. The van der Waals surface area contributed by atoms with E-state index >= 15 is 0 Å². The first-order valence-corrected chi connectivity index (χ1v) is 45.2. The Kier molecular flexibility index (Phi) is 53.5. The number of ether oxygens (including phenoxy) is 3. The number of rotatable bonds is 29. The minimum absolute atomic E-state index is 0. The van der Waals surface area contributed by atoms with Gasteiger partial charge in [0.05, 0.1) is 86.1 Å². The fourth-order valence-electron chi connectivity index (χ4n) is 10.9. The van der Waals surface area contributed by atoms with Crippen molar-refractivity contribution in [2.24, 2.45) is 28.9 Å². The molecule has 714 valence electrons. The number of halogens is 2. The van der Waals surface area contributed by atoms with Gasteiger partial charge >= 0.3 is 24.2 Å². The Morgan fingerprint density at radius 1 is 0.370 bits per heavy atom. The van der Waals surface area contributed by atoms with Crippen molar-refractivity contribution in [3.05, 3.63) is 376 Å². The summed E-state index contributed by atoms with van der Waals surface area (Å²) in [6.07, 6.45) is 8.46. The first-order chi connectivity index (χ1) is 64.6. The number of pyridine rings is 4. The van der Waals surface area contributed by atoms with Gasteiger partial charge in [0, 0.05) is 74.3 Å². The van der Waals surface area contributed by atoms with Crippen molar-refractivity contribution in [1.29, 1.82) is 0 Å². The number of hydrogen-bond acceptors (Lipinski definition) is 26. The number of carbonyl (C=O) groups excluding carboxylic acids is 10. The highest BCUT2D eigenvalue weighted by molar-refractivity contribution is 14.1. The number of carboxylic acids is 2. The molecule has 0 spiro atoms. The molecule has 0 unspecified atom stereocenters. The number of amides is 4. The molecule has 135 heavy (non-hydrogen) atoms. The number of Topliss-reactive ketones (excluding diaryl/α,β-unsaturated/α-hetero) is 4. The van der Waals surface area contributed by atoms with E-state index in [0.29, 0.717) is 123 Å². The molecule has 12 aromatic rings. The lowest BCUT2D eigenvalue weighted by Crippen LogP contribution is -2.29. The number of ketones is 4. The first kappa shape index (κ1) is 114. The van der Waals surface area contributed by atoms with Crippen LogP contribution in [0.1, 0.15) is 234 Å². The number of nitrogens with two attached hydrogens (primary N) is 5. The molecule has 4 amide bonds. The molecule has 0 aliphatic carbocycles. The van der Waals surface area contributed by atoms with E-state index in [1.165, 1.54) is 35.2 Å². The van der Waals surface area contributed by atoms with Crippen LogP contribution in [-0.4, -0.2) is 124 Å². The molecule has 16 N–H and O–H groups in total. The molecule has 6 heterocycles. The van der Waals surface area contributed by atoms with Gasteiger partial charge < -0.3 is 62.9 Å². The van der Waals surface area contributed by atoms with Crippen LogP contribution in [0.15, 0.2) is 267 Å². The Hall–Kier alpha value is -13.6. The van der Waals surface area contributed by atoms with Crippen molar-refractivity contribution in [1.82, 2.24) is 41.2 Å². The monoisotopic (exact) mass is 2010 g/mol. The van der Waals surface area contributed by atoms with E-state index in [1.807, 2.05) is 175 Å². The summed E-state index contributed by atoms with van der Waals surface area (Å²) >= 11 is 4.37. The smallest absolute Gasteiger partial charge is 0.478 e. The van der Waals surface area contributed by atoms with Gasteiger partial charge in [-0.15, -0.1) is 35.1 Å². The van der Waals surface area contributed by atoms with Crippen molar-refractivity contribution in [2.75, 3.05) is 11.5 Å². The van der Waals surface area contributed by atoms with E-state index in [2.05, 4.69) is 64.5 Å². The maximum atomic E-state index is 12.3. The summed E-state index contributed by atoms with van der Waals surface area (Å²) in [5, 5.41) is 28.4. The first-order valence-electron chi connectivity index (χ1n) is 42.7. The summed E-state index contributed by atoms with van der Waals surface area (Å²) in [4.78, 5) is 158. The van der Waals surface area contributed by atoms with Gasteiger partial charge in [0.15, 0.2) is 23.1 Å². The van der Waals surface area contributed by atoms with Gasteiger partial charge in [-0.3, -0.25) is 70.0 Å². The molecular formula is C101H117ClIN13O17S2. The number of alkyl halides is 1. The molecule has 0 aliphatic heterocycles. The van der Waals surface area contributed by atoms with Crippen LogP contribution in [0.5, 0.6) is 0 Å². The van der Waals surface area contributed by atoms with Crippen LogP contribution in [0.2, 0.25) is 0 Å². The van der Waals surface area contributed by atoms with Gasteiger partial charge in [-0.25, -0.2) is 19.2 Å². The predicted octanol–water partition coefficient (Wildman–Crippen LogP) is 17.1. The number of benzene rings is 6. The Balaban J connectivity index is 0.000000415. The zero-order chi connectivity index (χ0) is 99.7. The topological polar surface area (TPSA) is 503 Å². The van der Waals surface area contributed by atoms with Crippen LogP contribution >= 0.6 is 57.7 Å². The second-order valence-corrected chi connectivity index (χ2v) is 32.5. The standard InChI is InChI=1S/C22H21N3O3S.C22H20N2O3S.C15H16N2O.C14H15N3O.C10H18O5.C9H10O2.C8H9NO2.CH3I.ClH.H4N2/c23-13-19(27)21-11-10-20(29-21)18(26)9-6-15-4-7-16(8-5-15)22(28)25-14-17-3-1-2-12-24-17;1-15(25)20-11-12-21(28-20)19(26)10-7-16-5-8-17(9-6-16)22(27)24-14-18-4-2-3-13-23-18;1-2-12-6-8-13(9-7-12)15(18)17-11-14-5-3-4-10-16-14;15-9-11-4-6-12(7-5-11)14(18)17-10-13-3-1-2-8-16-13;1-9(2,3)14-7(11)13-8(12)15-10(4,5)6;1-2-7-3-5-8(6-4-7)9(10)11;9-5-6-1-3-7(4-2-6)8(10)11;1-2;;1-2/h1-5,7-8,10-12H,6,9,13-14,23H2,(H,25,28);2-6,8-9,11-13H,7,10,14H2,1H3,(H,24,27);3-10H,2,11H2,1H3,(H,17,18);1-8H,9-10,15H2,(H,17,18);1-6H3;3-6H,2H2,1H3,(H,10,11);1-4H,5,9H2,(H,10,11);1H3;1H;1-2H2/i;;;;;;;1D;;. The molecule has 0 saturated carbocycles. The minimum atomic E-state index is -1.06. The molecular weight excluding hydrogens is 1890 g/mol. The van der Waals surface area contributed by atoms with Gasteiger partial charge in [0.1, 0.15) is 11.2 Å². The molecule has 0 aliphatic rings. The molecule has 0 radical (unpaired) electrons. The number of carbonyl (C=O) groups is 12. The highest BCUT2D eigenvalue weighted by Gasteiger charge is 2.25. The zero-order valence-corrected chi connectivity index (χ0v) is 81.2. The lowest BCUT2D eigenvalue weighted by atomic mass is 10.0. The van der Waals surface area contributed by atoms with Gasteiger partial charge in [-0.1, -0.05) is 134 Å². The summed E-state index contributed by atoms with van der Waals surface area (Å²) in [5.41, 5.74) is 27.4. The highest BCUT2D eigenvalue weighted by Crippen LogP contribution is 2.23. The van der Waals surface area contributed by atoms with Crippen LogP contribution in [0.3, 0.4) is 0 Å². The molecule has 30 nitrogen and oxygen atoms in total. The van der Waals surface area contributed by atoms with Crippen LogP contribution in [-0.2, 0) is 79.2 Å². The number of aryl methyl sites for hydroxylation is 4. The quantitative estimate of drug-likeness (QED) is 0.00394. The fraction of sp³-hybridized carbons (Fsp3) is 0.248. The van der Waals surface area contributed by atoms with Crippen LogP contribution < -0.4 is 50.2 Å². The van der Waals surface area contributed by atoms with Crippen molar-refractivity contribution in [2.45, 2.75) is 151 Å². The van der Waals surface area contributed by atoms with Crippen molar-refractivity contribution in [3.63, 3.8) is 0 Å². The number of nitrogens with zero attached hydrogens (tertiary/aromatic N) is 4. The molecule has 0 bridgehead atoms. The number of thiophene rings is 2. The molecule has 6 aromatic heterocycles. The second kappa shape index (κ2) is 63.5. The van der Waals surface area contributed by atoms with Crippen molar-refractivity contribution >= 4 is 129 Å². The number of aromatic carboxylic acids is 2. The van der Waals surface area contributed by atoms with E-state index in [-0.39, 0.29) is 65.7 Å². The number of hydrazine groups is 1. The average molecular weight is 2010 g/mol. The molecule has 12 rings (SSSR count). The summed E-state index contributed by atoms with van der Waals surface area (Å²) in [6.45, 7) is 18.1. The Morgan fingerprint density at radius 3 is 0.837 bits per heavy atom. The fourth-order valence-corrected chi connectivity index (χ4v) is 12.7. The number of carboxylic acid groups (broad SMARTS) is 2. The van der Waals surface area contributed by atoms with Gasteiger partial charge in [0.2, 0.25) is 0 Å². The SMILES string of the molecule is CC(=O)c1ccc(C(=O)CCc2ccc(C(=O)NCc3ccccn3)cc2)s1.CC(C)(C)OC(=O)OC(=O)OC(C)(C)C.CCc1ccc(C(=O)NCc2ccccn2)cc1.CCc1ccc(C(=O)O)cc1.Cl.NCC(=O)c1ccc(C(=O)CCc2ccc(C(=O)NCc3ccccn3)cc2)s1.NCc1ccc(C(=O)NCc2ccccn2)cc1.NCc1ccc(C(=O)O)cc1.NN.[2H]CI. The zero-order valence-electron chi connectivity index (χ0n) is 77.6. The van der Waals surface area contributed by atoms with Crippen LogP contribution in [0.25, 0.3) is 0 Å². The van der Waals surface area contributed by atoms with E-state index in [4.69, 9.17) is 38.3 Å². The van der Waals surface area contributed by atoms with E-state index in [0.717, 1.165) is 63.4 Å². The Morgan fingerprint density at radius 2 is 0.615 bits per heavy atom. The van der Waals surface area contributed by atoms with E-state index in [1.54, 1.807) is 163 Å². The van der Waals surface area contributed by atoms with E-state index in [9.17, 15) is 57.5 Å². The Labute approximate surface area is 815 Å². The molecule has 0 saturated heterocycles. The summed E-state index contributed by atoms with van der Waals surface area (Å²) in [6, 6.07) is 71.9. The summed E-state index contributed by atoms with van der Waals surface area (Å²) in [5.74, 6) is 5.54. The third kappa shape index (κ3) is 46.5. The van der Waals surface area contributed by atoms with Crippen molar-refractivity contribution < 1.29 is 83.3 Å².